The maximum absolute atomic E-state index is 6.19. The highest BCUT2D eigenvalue weighted by molar-refractivity contribution is 5.46. The van der Waals surface area contributed by atoms with Gasteiger partial charge in [0.2, 0.25) is 0 Å². The highest BCUT2D eigenvalue weighted by Crippen LogP contribution is 2.33. The Hall–Kier alpha value is -2.09. The molecule has 152 valence electrons. The molecule has 2 aromatic rings. The molecule has 2 fully saturated rings. The van der Waals surface area contributed by atoms with Gasteiger partial charge in [-0.05, 0) is 13.1 Å². The molecular formula is C21H30N4O3. The van der Waals surface area contributed by atoms with E-state index in [9.17, 15) is 0 Å². The van der Waals surface area contributed by atoms with E-state index >= 15 is 0 Å². The zero-order valence-electron chi connectivity index (χ0n) is 16.8. The van der Waals surface area contributed by atoms with E-state index in [0.717, 1.165) is 57.4 Å². The van der Waals surface area contributed by atoms with Gasteiger partial charge in [-0.2, -0.15) is 0 Å². The molecule has 2 bridgehead atoms. The van der Waals surface area contributed by atoms with Gasteiger partial charge < -0.3 is 18.8 Å². The first-order valence-corrected chi connectivity index (χ1v) is 9.97. The van der Waals surface area contributed by atoms with Crippen molar-refractivity contribution >= 4 is 0 Å². The molecule has 0 N–H and O–H groups in total. The summed E-state index contributed by atoms with van der Waals surface area (Å²) in [6.45, 7) is 7.02. The van der Waals surface area contributed by atoms with Crippen molar-refractivity contribution in [2.45, 2.75) is 19.1 Å². The van der Waals surface area contributed by atoms with Gasteiger partial charge >= 0.3 is 0 Å². The Morgan fingerprint density at radius 1 is 1.21 bits per heavy atom. The van der Waals surface area contributed by atoms with Crippen molar-refractivity contribution in [2.24, 2.45) is 5.92 Å². The number of rotatable bonds is 7. The summed E-state index contributed by atoms with van der Waals surface area (Å²) in [5, 5.41) is 0. The smallest absolute Gasteiger partial charge is 0.165 e. The minimum absolute atomic E-state index is 0.448. The number of nitrogens with zero attached hydrogens (tertiary/aromatic N) is 4. The average molecular weight is 386 g/mol. The van der Waals surface area contributed by atoms with Crippen molar-refractivity contribution in [1.29, 1.82) is 0 Å². The van der Waals surface area contributed by atoms with Crippen LogP contribution in [0.1, 0.15) is 5.56 Å². The number of benzene rings is 1. The van der Waals surface area contributed by atoms with Gasteiger partial charge in [0.05, 0.1) is 33.2 Å². The zero-order valence-corrected chi connectivity index (χ0v) is 16.8. The summed E-state index contributed by atoms with van der Waals surface area (Å²) < 4.78 is 19.6. The topological polar surface area (TPSA) is 52.0 Å². The van der Waals surface area contributed by atoms with Crippen LogP contribution in [-0.2, 0) is 17.8 Å². The number of aromatic nitrogens is 2. The Kier molecular flexibility index (Phi) is 6.14. The summed E-state index contributed by atoms with van der Waals surface area (Å²) in [6, 6.07) is 6.61. The van der Waals surface area contributed by atoms with Crippen molar-refractivity contribution in [3.8, 4) is 11.5 Å². The van der Waals surface area contributed by atoms with Crippen molar-refractivity contribution in [3.63, 3.8) is 0 Å². The van der Waals surface area contributed by atoms with Crippen LogP contribution < -0.4 is 9.47 Å². The number of hydrogen-bond donors (Lipinski definition) is 0. The lowest BCUT2D eigenvalue weighted by atomic mass is 10.1. The van der Waals surface area contributed by atoms with Crippen molar-refractivity contribution < 1.29 is 14.2 Å². The van der Waals surface area contributed by atoms with E-state index in [-0.39, 0.29) is 0 Å². The summed E-state index contributed by atoms with van der Waals surface area (Å²) >= 11 is 0. The maximum atomic E-state index is 6.19. The second-order valence-electron chi connectivity index (χ2n) is 7.79. The number of ether oxygens (including phenoxy) is 3. The molecule has 3 heterocycles. The van der Waals surface area contributed by atoms with Crippen LogP contribution in [0.4, 0.5) is 0 Å². The summed E-state index contributed by atoms with van der Waals surface area (Å²) in [6.07, 6.45) is 5.54. The number of methoxy groups -OCH3 is 1. The highest BCUT2D eigenvalue weighted by atomic mass is 16.5. The van der Waals surface area contributed by atoms with Crippen LogP contribution >= 0.6 is 0 Å². The third kappa shape index (κ3) is 4.48. The fourth-order valence-electron chi connectivity index (χ4n) is 4.20. The van der Waals surface area contributed by atoms with Crippen LogP contribution in [0.5, 0.6) is 11.5 Å². The molecule has 1 aromatic heterocycles. The molecule has 2 saturated heterocycles. The van der Waals surface area contributed by atoms with Crippen molar-refractivity contribution in [3.05, 3.63) is 42.5 Å². The quantitative estimate of drug-likeness (QED) is 0.723. The van der Waals surface area contributed by atoms with Gasteiger partial charge in [-0.3, -0.25) is 9.80 Å². The lowest BCUT2D eigenvalue weighted by molar-refractivity contribution is 0.0513. The van der Waals surface area contributed by atoms with Gasteiger partial charge in [0.25, 0.3) is 0 Å². The zero-order chi connectivity index (χ0) is 19.3. The summed E-state index contributed by atoms with van der Waals surface area (Å²) in [5.41, 5.74) is 1.17. The lowest BCUT2D eigenvalue weighted by Crippen LogP contribution is -2.42. The summed E-state index contributed by atoms with van der Waals surface area (Å²) in [4.78, 5) is 9.07. The molecule has 0 saturated carbocycles. The molecule has 2 aliphatic rings. The maximum Gasteiger partial charge on any atom is 0.165 e. The molecule has 0 aliphatic carbocycles. The van der Waals surface area contributed by atoms with E-state index in [1.165, 1.54) is 5.56 Å². The number of para-hydroxylation sites is 1. The molecule has 7 nitrogen and oxygen atoms in total. The van der Waals surface area contributed by atoms with E-state index in [1.807, 2.05) is 22.9 Å². The molecule has 0 unspecified atom stereocenters. The van der Waals surface area contributed by atoms with Crippen LogP contribution in [0.15, 0.2) is 36.9 Å². The number of imidazole rings is 1. The van der Waals surface area contributed by atoms with Crippen LogP contribution in [-0.4, -0.2) is 79.0 Å². The first-order valence-electron chi connectivity index (χ1n) is 9.97. The highest BCUT2D eigenvalue weighted by Gasteiger charge is 2.31. The Balaban J connectivity index is 1.47. The van der Waals surface area contributed by atoms with E-state index in [0.29, 0.717) is 18.6 Å². The molecule has 7 heteroatoms. The first-order chi connectivity index (χ1) is 13.7. The minimum atomic E-state index is 0.448. The van der Waals surface area contributed by atoms with Crippen molar-refractivity contribution in [2.75, 3.05) is 53.6 Å². The van der Waals surface area contributed by atoms with Crippen LogP contribution in [0.25, 0.3) is 0 Å². The van der Waals surface area contributed by atoms with Gasteiger partial charge in [0.1, 0.15) is 6.61 Å². The average Bonchev–Trinajstić information content (AvgIpc) is 3.07. The Bertz CT molecular complexity index is 752. The van der Waals surface area contributed by atoms with Crippen molar-refractivity contribution in [1.82, 2.24) is 19.4 Å². The van der Waals surface area contributed by atoms with Gasteiger partial charge in [-0.25, -0.2) is 4.98 Å². The van der Waals surface area contributed by atoms with E-state index < -0.39 is 0 Å². The minimum Gasteiger partial charge on any atom is -0.493 e. The molecular weight excluding hydrogens is 356 g/mol. The molecule has 1 aromatic carbocycles. The largest absolute Gasteiger partial charge is 0.493 e. The Labute approximate surface area is 166 Å². The molecule has 2 atom stereocenters. The van der Waals surface area contributed by atoms with Crippen LogP contribution in [0.2, 0.25) is 0 Å². The van der Waals surface area contributed by atoms with E-state index in [4.69, 9.17) is 14.2 Å². The predicted octanol–water partition coefficient (Wildman–Crippen LogP) is 1.73. The standard InChI is InChI=1S/C21H30N4O3/c1-23-10-17-11-25(13-19(23)15-27-14-17)12-18-4-3-5-20(26-2)21(18)28-9-8-24-7-6-22-16-24/h3-7,16-17,19H,8-15H2,1-2H3/t17-,19+/m1/s1. The molecule has 0 amide bonds. The monoisotopic (exact) mass is 386 g/mol. The summed E-state index contributed by atoms with van der Waals surface area (Å²) in [5.74, 6) is 2.19. The molecule has 0 radical (unpaired) electrons. The van der Waals surface area contributed by atoms with Gasteiger partial charge in [-0.15, -0.1) is 0 Å². The number of hydrogen-bond acceptors (Lipinski definition) is 6. The molecule has 28 heavy (non-hydrogen) atoms. The molecule has 2 aliphatic heterocycles. The fourth-order valence-corrected chi connectivity index (χ4v) is 4.20. The van der Waals surface area contributed by atoms with Gasteiger partial charge in [0.15, 0.2) is 11.5 Å². The fraction of sp³-hybridized carbons (Fsp3) is 0.571. The van der Waals surface area contributed by atoms with E-state index in [1.54, 1.807) is 19.6 Å². The predicted molar refractivity (Wildman–Crippen MR) is 107 cm³/mol. The van der Waals surface area contributed by atoms with Gasteiger partial charge in [-0.1, -0.05) is 12.1 Å². The second-order valence-corrected chi connectivity index (χ2v) is 7.79. The SMILES string of the molecule is COc1cccc(CN2C[C@@H]3COC[C@H](C2)N(C)C3)c1OCCn1ccnc1. The van der Waals surface area contributed by atoms with Crippen LogP contribution in [0.3, 0.4) is 0 Å². The normalized spacial score (nSPS) is 23.4. The van der Waals surface area contributed by atoms with Crippen LogP contribution in [0, 0.1) is 5.92 Å². The third-order valence-electron chi connectivity index (χ3n) is 5.65. The van der Waals surface area contributed by atoms with Gasteiger partial charge in [0, 0.05) is 56.1 Å². The summed E-state index contributed by atoms with van der Waals surface area (Å²) in [7, 11) is 3.91. The number of likely N-dealkylation sites (N-methyl/N-ethyl adjacent to an activating group) is 1. The second kappa shape index (κ2) is 8.94. The Morgan fingerprint density at radius 2 is 2.14 bits per heavy atom. The Morgan fingerprint density at radius 3 is 2.96 bits per heavy atom. The first kappa shape index (κ1) is 19.2. The number of fused-ring (bicyclic) bond motifs is 3. The lowest BCUT2D eigenvalue weighted by Gasteiger charge is -2.30. The molecule has 4 rings (SSSR count). The van der Waals surface area contributed by atoms with E-state index in [2.05, 4.69) is 27.9 Å². The third-order valence-corrected chi connectivity index (χ3v) is 5.65. The molecule has 0 spiro atoms.